The lowest BCUT2D eigenvalue weighted by Gasteiger charge is -2.40. The standard InChI is InChI=1S/C45H46ClN7O6/c1-28-22-45(27-52(28)34-7-4-30(23-47)38(46)20-34)10-12-49(13-11-45)33-5-2-29(3-6-33)42(57)50-16-14-48(15-17-50)26-41(56)51-24-31-18-36-37(19-32(31)25-51)44(59)53(43(36)58)39-9-8-35(54)21-40(39)55/h2-7,18-20,28,39H,8-17,21-22,24-27H2,1H3/t28-,39?/m0/s1. The number of fused-ring (bicyclic) bond motifs is 2. The van der Waals surface area contributed by atoms with Crippen molar-refractivity contribution in [3.05, 3.63) is 93.0 Å². The van der Waals surface area contributed by atoms with Gasteiger partial charge in [0.15, 0.2) is 5.78 Å². The first-order valence-corrected chi connectivity index (χ1v) is 21.0. The van der Waals surface area contributed by atoms with Crippen LogP contribution in [-0.4, -0.2) is 119 Å². The zero-order valence-corrected chi connectivity index (χ0v) is 33.9. The highest BCUT2D eigenvalue weighted by Crippen LogP contribution is 2.46. The van der Waals surface area contributed by atoms with Crippen molar-refractivity contribution >= 4 is 58.2 Å². The molecule has 1 unspecified atom stereocenters. The number of amides is 4. The van der Waals surface area contributed by atoms with Gasteiger partial charge in [-0.15, -0.1) is 0 Å². The molecule has 3 aromatic rings. The summed E-state index contributed by atoms with van der Waals surface area (Å²) in [5.74, 6) is -1.70. The van der Waals surface area contributed by atoms with Crippen LogP contribution in [0.4, 0.5) is 11.4 Å². The van der Waals surface area contributed by atoms with Crippen LogP contribution in [-0.2, 0) is 27.5 Å². The largest absolute Gasteiger partial charge is 0.371 e. The molecule has 2 atom stereocenters. The van der Waals surface area contributed by atoms with E-state index >= 15 is 0 Å². The summed E-state index contributed by atoms with van der Waals surface area (Å²) in [7, 11) is 0. The van der Waals surface area contributed by atoms with Gasteiger partial charge in [0.05, 0.1) is 40.7 Å². The molecule has 1 spiro atoms. The summed E-state index contributed by atoms with van der Waals surface area (Å²) < 4.78 is 0. The van der Waals surface area contributed by atoms with Gasteiger partial charge in [-0.25, -0.2) is 0 Å². The molecule has 304 valence electrons. The number of imide groups is 1. The summed E-state index contributed by atoms with van der Waals surface area (Å²) in [6.07, 6.45) is 3.34. The van der Waals surface area contributed by atoms with Crippen molar-refractivity contribution in [2.45, 2.75) is 70.6 Å². The minimum atomic E-state index is -0.915. The van der Waals surface area contributed by atoms with Crippen LogP contribution in [0.3, 0.4) is 0 Å². The topological polar surface area (TPSA) is 146 Å². The van der Waals surface area contributed by atoms with Crippen molar-refractivity contribution in [3.63, 3.8) is 0 Å². The van der Waals surface area contributed by atoms with Gasteiger partial charge in [0.2, 0.25) is 5.91 Å². The summed E-state index contributed by atoms with van der Waals surface area (Å²) >= 11 is 6.37. The van der Waals surface area contributed by atoms with E-state index in [4.69, 9.17) is 11.6 Å². The van der Waals surface area contributed by atoms with Gasteiger partial charge >= 0.3 is 0 Å². The molecule has 5 heterocycles. The van der Waals surface area contributed by atoms with E-state index in [9.17, 15) is 34.0 Å². The molecule has 0 N–H and O–H groups in total. The minimum Gasteiger partial charge on any atom is -0.371 e. The van der Waals surface area contributed by atoms with E-state index in [1.54, 1.807) is 23.1 Å². The van der Waals surface area contributed by atoms with E-state index in [1.807, 2.05) is 41.3 Å². The normalized spacial score (nSPS) is 23.0. The summed E-state index contributed by atoms with van der Waals surface area (Å²) in [5.41, 5.74) is 5.64. The van der Waals surface area contributed by atoms with E-state index in [1.165, 1.54) is 0 Å². The number of rotatable bonds is 6. The van der Waals surface area contributed by atoms with E-state index in [-0.39, 0.29) is 59.9 Å². The quantitative estimate of drug-likeness (QED) is 0.254. The number of hydrogen-bond acceptors (Lipinski definition) is 10. The maximum absolute atomic E-state index is 13.5. The molecule has 4 amide bonds. The lowest BCUT2D eigenvalue weighted by molar-refractivity contribution is -0.134. The second-order valence-corrected chi connectivity index (χ2v) is 17.6. The third-order valence-electron chi connectivity index (χ3n) is 13.6. The molecule has 4 fully saturated rings. The van der Waals surface area contributed by atoms with Crippen LogP contribution in [0.1, 0.15) is 93.2 Å². The molecule has 1 saturated carbocycles. The van der Waals surface area contributed by atoms with E-state index in [0.29, 0.717) is 61.5 Å². The fraction of sp³-hybridized carbons (Fsp3) is 0.444. The average Bonchev–Trinajstić information content (AvgIpc) is 3.88. The number of piperazine rings is 1. The molecule has 9 rings (SSSR count). The number of nitrogens with zero attached hydrogens (tertiary/aromatic N) is 7. The Morgan fingerprint density at radius 3 is 2.08 bits per heavy atom. The maximum atomic E-state index is 13.5. The smallest absolute Gasteiger partial charge is 0.262 e. The summed E-state index contributed by atoms with van der Waals surface area (Å²) in [6.45, 7) is 8.13. The number of halogens is 1. The Bertz CT molecular complexity index is 2280. The van der Waals surface area contributed by atoms with Crippen LogP contribution < -0.4 is 9.80 Å². The Balaban J connectivity index is 0.739. The van der Waals surface area contributed by atoms with Crippen molar-refractivity contribution in [2.75, 3.05) is 62.2 Å². The number of piperidine rings is 1. The molecule has 0 aromatic heterocycles. The van der Waals surface area contributed by atoms with Gasteiger partial charge in [-0.3, -0.25) is 38.6 Å². The number of benzene rings is 3. The first-order chi connectivity index (χ1) is 28.4. The van der Waals surface area contributed by atoms with Crippen LogP contribution in [0.25, 0.3) is 0 Å². The molecule has 3 aromatic carbocycles. The van der Waals surface area contributed by atoms with Gasteiger partial charge in [-0.1, -0.05) is 11.6 Å². The Morgan fingerprint density at radius 2 is 1.47 bits per heavy atom. The molecular formula is C45H46ClN7O6. The highest BCUT2D eigenvalue weighted by molar-refractivity contribution is 6.32. The monoisotopic (exact) mass is 815 g/mol. The molecule has 1 aliphatic carbocycles. The maximum Gasteiger partial charge on any atom is 0.262 e. The lowest BCUT2D eigenvalue weighted by atomic mass is 9.76. The van der Waals surface area contributed by atoms with Crippen molar-refractivity contribution in [1.82, 2.24) is 19.6 Å². The lowest BCUT2D eigenvalue weighted by Crippen LogP contribution is -2.51. The number of ketones is 2. The van der Waals surface area contributed by atoms with Crippen LogP contribution >= 0.6 is 11.6 Å². The number of hydrogen-bond donors (Lipinski definition) is 0. The number of nitriles is 1. The minimum absolute atomic E-state index is 0.0184. The Morgan fingerprint density at radius 1 is 0.831 bits per heavy atom. The predicted molar refractivity (Wildman–Crippen MR) is 219 cm³/mol. The van der Waals surface area contributed by atoms with Crippen LogP contribution in [0.2, 0.25) is 5.02 Å². The number of carbonyl (C=O) groups excluding carboxylic acids is 6. The SMILES string of the molecule is C[C@H]1CC2(CCN(c3ccc(C(=O)N4CCN(CC(=O)N5Cc6cc7c(cc6C5)C(=O)N(C5CCC(=O)CC5=O)C7=O)CC4)cc3)CC2)CN1c1ccc(C#N)c(Cl)c1. The van der Waals surface area contributed by atoms with Crippen LogP contribution in [0, 0.1) is 16.7 Å². The number of anilines is 2. The highest BCUT2D eigenvalue weighted by atomic mass is 35.5. The first-order valence-electron chi connectivity index (χ1n) is 20.6. The van der Waals surface area contributed by atoms with E-state index in [0.717, 1.165) is 66.3 Å². The predicted octanol–water partition coefficient (Wildman–Crippen LogP) is 4.68. The number of carbonyl (C=O) groups is 6. The molecule has 59 heavy (non-hydrogen) atoms. The van der Waals surface area contributed by atoms with E-state index in [2.05, 4.69) is 27.7 Å². The van der Waals surface area contributed by atoms with Gasteiger partial charge in [0, 0.05) is 88.3 Å². The molecule has 3 saturated heterocycles. The van der Waals surface area contributed by atoms with Gasteiger partial charge in [-0.05, 0) is 104 Å². The van der Waals surface area contributed by atoms with Gasteiger partial charge in [-0.2, -0.15) is 5.26 Å². The molecule has 14 heteroatoms. The average molecular weight is 816 g/mol. The van der Waals surface area contributed by atoms with E-state index < -0.39 is 23.6 Å². The van der Waals surface area contributed by atoms with Gasteiger partial charge < -0.3 is 19.6 Å². The Labute approximate surface area is 348 Å². The van der Waals surface area contributed by atoms with Crippen LogP contribution in [0.15, 0.2) is 54.6 Å². The molecule has 0 radical (unpaired) electrons. The highest BCUT2D eigenvalue weighted by Gasteiger charge is 2.46. The third kappa shape index (κ3) is 7.16. The zero-order chi connectivity index (χ0) is 41.2. The second kappa shape index (κ2) is 15.2. The Hall–Kier alpha value is -5.58. The molecule has 5 aliphatic heterocycles. The van der Waals surface area contributed by atoms with Crippen molar-refractivity contribution < 1.29 is 28.8 Å². The molecular weight excluding hydrogens is 770 g/mol. The molecule has 6 aliphatic rings. The van der Waals surface area contributed by atoms with Gasteiger partial charge in [0.25, 0.3) is 17.7 Å². The first kappa shape index (κ1) is 38.9. The van der Waals surface area contributed by atoms with Crippen molar-refractivity contribution in [3.8, 4) is 6.07 Å². The summed E-state index contributed by atoms with van der Waals surface area (Å²) in [4.78, 5) is 89.3. The fourth-order valence-corrected chi connectivity index (χ4v) is 10.4. The van der Waals surface area contributed by atoms with Crippen molar-refractivity contribution in [1.29, 1.82) is 5.26 Å². The fourth-order valence-electron chi connectivity index (χ4n) is 10.2. The second-order valence-electron chi connectivity index (χ2n) is 17.2. The Kier molecular flexibility index (Phi) is 10.0. The molecule has 13 nitrogen and oxygen atoms in total. The number of Topliss-reactive ketones (excluding diaryl/α,β-unsaturated/α-hetero) is 2. The summed E-state index contributed by atoms with van der Waals surface area (Å²) in [6, 6.07) is 18.6. The zero-order valence-electron chi connectivity index (χ0n) is 33.1. The van der Waals surface area contributed by atoms with Gasteiger partial charge in [0.1, 0.15) is 11.9 Å². The molecule has 0 bridgehead atoms. The summed E-state index contributed by atoms with van der Waals surface area (Å²) in [5, 5.41) is 9.77. The third-order valence-corrected chi connectivity index (χ3v) is 13.9. The van der Waals surface area contributed by atoms with Crippen LogP contribution in [0.5, 0.6) is 0 Å². The van der Waals surface area contributed by atoms with Crippen molar-refractivity contribution in [2.24, 2.45) is 5.41 Å².